The number of carbonyl (C=O) groups is 2. The minimum atomic E-state index is -0.181. The lowest BCUT2D eigenvalue weighted by Gasteiger charge is -2.11. The molecular formula is C27H29N3O4. The van der Waals surface area contributed by atoms with Gasteiger partial charge in [0, 0.05) is 30.1 Å². The molecule has 7 heteroatoms. The van der Waals surface area contributed by atoms with E-state index in [1.54, 1.807) is 24.3 Å². The molecule has 176 valence electrons. The van der Waals surface area contributed by atoms with E-state index in [0.717, 1.165) is 36.4 Å². The highest BCUT2D eigenvalue weighted by Crippen LogP contribution is 2.17. The highest BCUT2D eigenvalue weighted by Gasteiger charge is 2.16. The third-order valence-corrected chi connectivity index (χ3v) is 5.50. The first-order chi connectivity index (χ1) is 16.7. The third kappa shape index (κ3) is 7.08. The van der Waals surface area contributed by atoms with Crippen molar-refractivity contribution in [2.45, 2.75) is 25.6 Å². The minimum Gasteiger partial charge on any atom is -0.489 e. The predicted molar refractivity (Wildman–Crippen MR) is 132 cm³/mol. The summed E-state index contributed by atoms with van der Waals surface area (Å²) in [5.74, 6) is 0.435. The average molecular weight is 460 g/mol. The summed E-state index contributed by atoms with van der Waals surface area (Å²) in [6, 6.07) is 24.3. The van der Waals surface area contributed by atoms with E-state index >= 15 is 0 Å². The molecule has 1 heterocycles. The molecule has 0 radical (unpaired) electrons. The summed E-state index contributed by atoms with van der Waals surface area (Å²) in [5.41, 5.74) is 3.10. The number of rotatable bonds is 10. The lowest BCUT2D eigenvalue weighted by Crippen LogP contribution is -2.31. The predicted octanol–water partition coefficient (Wildman–Crippen LogP) is 4.23. The normalized spacial score (nSPS) is 14.9. The van der Waals surface area contributed by atoms with Crippen molar-refractivity contribution >= 4 is 23.2 Å². The molecule has 0 aliphatic carbocycles. The quantitative estimate of drug-likeness (QED) is 0.422. The van der Waals surface area contributed by atoms with E-state index in [1.807, 2.05) is 54.6 Å². The SMILES string of the molecule is O=C(CNc1ccc(OCc2ccccc2)cc1)Nc1ccc(C(=O)NCC2CCCO2)cc1. The Labute approximate surface area is 199 Å². The lowest BCUT2D eigenvalue weighted by molar-refractivity contribution is -0.114. The Morgan fingerprint density at radius 3 is 2.35 bits per heavy atom. The standard InChI is InChI=1S/C27H29N3O4/c31-26(18-28-22-12-14-24(15-13-22)34-19-20-5-2-1-3-6-20)30-23-10-8-21(9-11-23)27(32)29-17-25-7-4-16-33-25/h1-3,5-6,8-15,25,28H,4,7,16-19H2,(H,29,32)(H,30,31). The van der Waals surface area contributed by atoms with Crippen LogP contribution in [0.25, 0.3) is 0 Å². The van der Waals surface area contributed by atoms with Crippen LogP contribution in [0.1, 0.15) is 28.8 Å². The monoisotopic (exact) mass is 459 g/mol. The van der Waals surface area contributed by atoms with Crippen LogP contribution in [0.15, 0.2) is 78.9 Å². The van der Waals surface area contributed by atoms with Gasteiger partial charge in [0.1, 0.15) is 12.4 Å². The minimum absolute atomic E-state index is 0.105. The largest absolute Gasteiger partial charge is 0.489 e. The molecule has 4 rings (SSSR count). The van der Waals surface area contributed by atoms with Crippen LogP contribution < -0.4 is 20.7 Å². The zero-order valence-corrected chi connectivity index (χ0v) is 19.0. The van der Waals surface area contributed by atoms with Gasteiger partial charge in [0.05, 0.1) is 12.6 Å². The summed E-state index contributed by atoms with van der Waals surface area (Å²) >= 11 is 0. The van der Waals surface area contributed by atoms with E-state index in [1.165, 1.54) is 0 Å². The molecular weight excluding hydrogens is 430 g/mol. The van der Waals surface area contributed by atoms with Crippen LogP contribution in [0.3, 0.4) is 0 Å². The number of hydrogen-bond donors (Lipinski definition) is 3. The molecule has 3 N–H and O–H groups in total. The maximum atomic E-state index is 12.3. The van der Waals surface area contributed by atoms with Crippen LogP contribution in [-0.2, 0) is 16.1 Å². The molecule has 1 atom stereocenters. The molecule has 1 saturated heterocycles. The van der Waals surface area contributed by atoms with Crippen molar-refractivity contribution in [1.82, 2.24) is 5.32 Å². The first-order valence-electron chi connectivity index (χ1n) is 11.5. The van der Waals surface area contributed by atoms with Gasteiger partial charge in [-0.05, 0) is 66.9 Å². The topological polar surface area (TPSA) is 88.7 Å². The molecule has 0 bridgehead atoms. The Bertz CT molecular complexity index is 1060. The van der Waals surface area contributed by atoms with Gasteiger partial charge in [0.25, 0.3) is 5.91 Å². The van der Waals surface area contributed by atoms with Crippen LogP contribution in [0, 0.1) is 0 Å². The van der Waals surface area contributed by atoms with Gasteiger partial charge in [-0.15, -0.1) is 0 Å². The van der Waals surface area contributed by atoms with E-state index in [-0.39, 0.29) is 24.5 Å². The summed E-state index contributed by atoms with van der Waals surface area (Å²) in [5, 5.41) is 8.81. The van der Waals surface area contributed by atoms with Crippen molar-refractivity contribution in [3.05, 3.63) is 90.0 Å². The van der Waals surface area contributed by atoms with Crippen LogP contribution >= 0.6 is 0 Å². The van der Waals surface area contributed by atoms with Gasteiger partial charge in [0.15, 0.2) is 0 Å². The number of carbonyl (C=O) groups excluding carboxylic acids is 2. The van der Waals surface area contributed by atoms with Crippen molar-refractivity contribution < 1.29 is 19.1 Å². The Kier molecular flexibility index (Phi) is 8.13. The number of anilines is 2. The third-order valence-electron chi connectivity index (χ3n) is 5.50. The summed E-state index contributed by atoms with van der Waals surface area (Å²) < 4.78 is 11.3. The Hall–Kier alpha value is -3.84. The van der Waals surface area contributed by atoms with E-state index < -0.39 is 0 Å². The van der Waals surface area contributed by atoms with Gasteiger partial charge in [-0.2, -0.15) is 0 Å². The maximum absolute atomic E-state index is 12.3. The van der Waals surface area contributed by atoms with Gasteiger partial charge in [-0.3, -0.25) is 9.59 Å². The van der Waals surface area contributed by atoms with Crippen molar-refractivity contribution in [1.29, 1.82) is 0 Å². The first-order valence-corrected chi connectivity index (χ1v) is 11.5. The number of ether oxygens (including phenoxy) is 2. The molecule has 2 amide bonds. The Morgan fingerprint density at radius 2 is 1.65 bits per heavy atom. The van der Waals surface area contributed by atoms with E-state index in [0.29, 0.717) is 24.4 Å². The fourth-order valence-corrected chi connectivity index (χ4v) is 3.62. The summed E-state index contributed by atoms with van der Waals surface area (Å²) in [6.45, 7) is 1.90. The Balaban J connectivity index is 1.18. The second kappa shape index (κ2) is 11.9. The zero-order chi connectivity index (χ0) is 23.6. The van der Waals surface area contributed by atoms with Crippen molar-refractivity contribution in [3.8, 4) is 5.75 Å². The smallest absolute Gasteiger partial charge is 0.251 e. The second-order valence-electron chi connectivity index (χ2n) is 8.12. The van der Waals surface area contributed by atoms with Gasteiger partial charge in [0.2, 0.25) is 5.91 Å². The lowest BCUT2D eigenvalue weighted by atomic mass is 10.2. The summed E-state index contributed by atoms with van der Waals surface area (Å²) in [7, 11) is 0. The number of benzene rings is 3. The van der Waals surface area contributed by atoms with Crippen LogP contribution in [0.2, 0.25) is 0 Å². The molecule has 1 unspecified atom stereocenters. The van der Waals surface area contributed by atoms with Crippen molar-refractivity contribution in [2.75, 3.05) is 30.3 Å². The van der Waals surface area contributed by atoms with E-state index in [4.69, 9.17) is 9.47 Å². The zero-order valence-electron chi connectivity index (χ0n) is 19.0. The van der Waals surface area contributed by atoms with E-state index in [2.05, 4.69) is 16.0 Å². The molecule has 0 aromatic heterocycles. The van der Waals surface area contributed by atoms with Gasteiger partial charge in [-0.25, -0.2) is 0 Å². The first kappa shape index (κ1) is 23.3. The second-order valence-corrected chi connectivity index (χ2v) is 8.12. The van der Waals surface area contributed by atoms with Gasteiger partial charge in [-0.1, -0.05) is 30.3 Å². The molecule has 3 aromatic rings. The number of hydrogen-bond acceptors (Lipinski definition) is 5. The van der Waals surface area contributed by atoms with Gasteiger partial charge < -0.3 is 25.4 Å². The van der Waals surface area contributed by atoms with E-state index in [9.17, 15) is 9.59 Å². The highest BCUT2D eigenvalue weighted by molar-refractivity contribution is 5.96. The number of amides is 2. The highest BCUT2D eigenvalue weighted by atomic mass is 16.5. The van der Waals surface area contributed by atoms with Gasteiger partial charge >= 0.3 is 0 Å². The summed E-state index contributed by atoms with van der Waals surface area (Å²) in [4.78, 5) is 24.5. The molecule has 0 saturated carbocycles. The van der Waals surface area contributed by atoms with Crippen LogP contribution in [0.4, 0.5) is 11.4 Å². The Morgan fingerprint density at radius 1 is 0.912 bits per heavy atom. The van der Waals surface area contributed by atoms with Crippen LogP contribution in [-0.4, -0.2) is 37.6 Å². The number of nitrogens with one attached hydrogen (secondary N) is 3. The molecule has 34 heavy (non-hydrogen) atoms. The molecule has 7 nitrogen and oxygen atoms in total. The van der Waals surface area contributed by atoms with Crippen LogP contribution in [0.5, 0.6) is 5.75 Å². The fraction of sp³-hybridized carbons (Fsp3) is 0.259. The molecule has 1 aliphatic rings. The fourth-order valence-electron chi connectivity index (χ4n) is 3.62. The molecule has 3 aromatic carbocycles. The van der Waals surface area contributed by atoms with Crippen molar-refractivity contribution in [3.63, 3.8) is 0 Å². The molecule has 1 aliphatic heterocycles. The van der Waals surface area contributed by atoms with Crippen molar-refractivity contribution in [2.24, 2.45) is 0 Å². The average Bonchev–Trinajstić information content (AvgIpc) is 3.40. The maximum Gasteiger partial charge on any atom is 0.251 e. The molecule has 0 spiro atoms. The molecule has 1 fully saturated rings. The summed E-state index contributed by atoms with van der Waals surface area (Å²) in [6.07, 6.45) is 2.12.